The Balaban J connectivity index is 1.65. The van der Waals surface area contributed by atoms with Crippen LogP contribution in [0, 0.1) is 5.92 Å². The molecule has 1 amide bonds. The monoisotopic (exact) mass is 394 g/mol. The van der Waals surface area contributed by atoms with Gasteiger partial charge in [0.25, 0.3) is 11.5 Å². The van der Waals surface area contributed by atoms with E-state index >= 15 is 0 Å². The predicted molar refractivity (Wildman–Crippen MR) is 113 cm³/mol. The van der Waals surface area contributed by atoms with Crippen molar-refractivity contribution < 1.29 is 9.53 Å². The van der Waals surface area contributed by atoms with Crippen LogP contribution >= 0.6 is 0 Å². The summed E-state index contributed by atoms with van der Waals surface area (Å²) in [5, 5.41) is 8.32. The number of benzene rings is 1. The largest absolute Gasteiger partial charge is 0.496 e. The standard InChI is InChI=1S/C22H26N4O3/c1-14-6-8-16(9-7-14)26-13-15-11-17(20(29-3)12-19(15)24-26)21(27)23-18-5-4-10-25(2)22(18)28/h4-5,10-14,16H,6-9H2,1-3H3,(H,23,27)/t14-,16-. The van der Waals surface area contributed by atoms with Crippen molar-refractivity contribution >= 4 is 22.5 Å². The van der Waals surface area contributed by atoms with Crippen LogP contribution in [0.3, 0.4) is 0 Å². The molecule has 0 atom stereocenters. The van der Waals surface area contributed by atoms with E-state index in [-0.39, 0.29) is 17.2 Å². The summed E-state index contributed by atoms with van der Waals surface area (Å²) in [4.78, 5) is 25.1. The summed E-state index contributed by atoms with van der Waals surface area (Å²) in [5.41, 5.74) is 1.14. The van der Waals surface area contributed by atoms with E-state index in [0.717, 1.165) is 29.7 Å². The second-order valence-electron chi connectivity index (χ2n) is 7.93. The number of fused-ring (bicyclic) bond motifs is 1. The van der Waals surface area contributed by atoms with Crippen molar-refractivity contribution in [3.8, 4) is 5.75 Å². The fourth-order valence-electron chi connectivity index (χ4n) is 3.99. The van der Waals surface area contributed by atoms with Gasteiger partial charge in [-0.15, -0.1) is 0 Å². The molecule has 1 fully saturated rings. The van der Waals surface area contributed by atoms with Crippen LogP contribution in [-0.2, 0) is 7.05 Å². The van der Waals surface area contributed by atoms with Crippen molar-refractivity contribution in [3.05, 3.63) is 52.6 Å². The number of nitrogens with one attached hydrogen (secondary N) is 1. The van der Waals surface area contributed by atoms with Crippen molar-refractivity contribution in [3.63, 3.8) is 0 Å². The lowest BCUT2D eigenvalue weighted by Gasteiger charge is -2.26. The minimum atomic E-state index is -0.383. The van der Waals surface area contributed by atoms with E-state index in [1.54, 1.807) is 37.5 Å². The molecule has 29 heavy (non-hydrogen) atoms. The van der Waals surface area contributed by atoms with Crippen molar-refractivity contribution in [2.75, 3.05) is 12.4 Å². The summed E-state index contributed by atoms with van der Waals surface area (Å²) in [5.74, 6) is 0.828. The normalized spacial score (nSPS) is 19.3. The van der Waals surface area contributed by atoms with E-state index in [1.807, 2.05) is 10.9 Å². The van der Waals surface area contributed by atoms with Gasteiger partial charge in [-0.3, -0.25) is 14.3 Å². The molecule has 1 saturated carbocycles. The van der Waals surface area contributed by atoms with Crippen LogP contribution in [0.25, 0.3) is 10.9 Å². The molecule has 152 valence electrons. The van der Waals surface area contributed by atoms with E-state index in [2.05, 4.69) is 12.2 Å². The number of aryl methyl sites for hydroxylation is 1. The van der Waals surface area contributed by atoms with E-state index in [9.17, 15) is 9.59 Å². The molecule has 1 aliphatic carbocycles. The molecule has 4 rings (SSSR count). The van der Waals surface area contributed by atoms with Gasteiger partial charge in [0, 0.05) is 30.9 Å². The van der Waals surface area contributed by atoms with Crippen LogP contribution in [0.2, 0.25) is 0 Å². The fourth-order valence-corrected chi connectivity index (χ4v) is 3.99. The maximum absolute atomic E-state index is 12.9. The van der Waals surface area contributed by atoms with Crippen LogP contribution in [-0.4, -0.2) is 27.4 Å². The lowest BCUT2D eigenvalue weighted by atomic mass is 9.87. The molecule has 2 aromatic heterocycles. The summed E-state index contributed by atoms with van der Waals surface area (Å²) in [6, 6.07) is 7.27. The van der Waals surface area contributed by atoms with E-state index in [1.165, 1.54) is 24.5 Å². The topological polar surface area (TPSA) is 78.2 Å². The number of amides is 1. The molecular weight excluding hydrogens is 368 g/mol. The van der Waals surface area contributed by atoms with Gasteiger partial charge >= 0.3 is 0 Å². The third-order valence-corrected chi connectivity index (χ3v) is 5.82. The molecule has 0 saturated heterocycles. The molecule has 0 radical (unpaired) electrons. The highest BCUT2D eigenvalue weighted by Crippen LogP contribution is 2.33. The van der Waals surface area contributed by atoms with Crippen LogP contribution < -0.4 is 15.6 Å². The number of hydrogen-bond donors (Lipinski definition) is 1. The first-order valence-corrected chi connectivity index (χ1v) is 10.00. The number of methoxy groups -OCH3 is 1. The van der Waals surface area contributed by atoms with Gasteiger partial charge in [0.1, 0.15) is 11.4 Å². The molecule has 0 spiro atoms. The van der Waals surface area contributed by atoms with Gasteiger partial charge in [0.2, 0.25) is 0 Å². The highest BCUT2D eigenvalue weighted by Gasteiger charge is 2.22. The highest BCUT2D eigenvalue weighted by atomic mass is 16.5. The van der Waals surface area contributed by atoms with Gasteiger partial charge in [-0.05, 0) is 49.8 Å². The summed E-state index contributed by atoms with van der Waals surface area (Å²) >= 11 is 0. The number of pyridine rings is 1. The zero-order chi connectivity index (χ0) is 20.5. The number of anilines is 1. The Kier molecular flexibility index (Phi) is 5.13. The smallest absolute Gasteiger partial charge is 0.274 e. The minimum Gasteiger partial charge on any atom is -0.496 e. The van der Waals surface area contributed by atoms with E-state index in [4.69, 9.17) is 9.84 Å². The number of rotatable bonds is 4. The van der Waals surface area contributed by atoms with Gasteiger partial charge in [-0.25, -0.2) is 0 Å². The Morgan fingerprint density at radius 3 is 2.72 bits per heavy atom. The predicted octanol–water partition coefficient (Wildman–Crippen LogP) is 3.75. The number of hydrogen-bond acceptors (Lipinski definition) is 4. The van der Waals surface area contributed by atoms with Crippen molar-refractivity contribution in [1.82, 2.24) is 14.3 Å². The molecule has 1 aromatic carbocycles. The zero-order valence-corrected chi connectivity index (χ0v) is 17.0. The lowest BCUT2D eigenvalue weighted by Crippen LogP contribution is -2.23. The molecule has 7 heteroatoms. The van der Waals surface area contributed by atoms with Crippen molar-refractivity contribution in [1.29, 1.82) is 0 Å². The second-order valence-corrected chi connectivity index (χ2v) is 7.93. The molecule has 0 unspecified atom stereocenters. The average molecular weight is 394 g/mol. The van der Waals surface area contributed by atoms with Crippen LogP contribution in [0.15, 0.2) is 41.5 Å². The summed E-state index contributed by atoms with van der Waals surface area (Å²) < 4.78 is 8.90. The highest BCUT2D eigenvalue weighted by molar-refractivity contribution is 6.08. The molecule has 2 heterocycles. The summed E-state index contributed by atoms with van der Waals surface area (Å²) in [6.07, 6.45) is 8.32. The van der Waals surface area contributed by atoms with E-state index < -0.39 is 0 Å². The average Bonchev–Trinajstić information content (AvgIpc) is 3.13. The number of aromatic nitrogens is 3. The zero-order valence-electron chi connectivity index (χ0n) is 17.0. The number of carbonyl (C=O) groups is 1. The molecular formula is C22H26N4O3. The Bertz CT molecular complexity index is 1110. The second kappa shape index (κ2) is 7.73. The molecule has 7 nitrogen and oxygen atoms in total. The lowest BCUT2D eigenvalue weighted by molar-refractivity contribution is 0.102. The Morgan fingerprint density at radius 1 is 1.24 bits per heavy atom. The first kappa shape index (κ1) is 19.2. The minimum absolute atomic E-state index is 0.231. The Labute approximate surface area is 169 Å². The molecule has 3 aromatic rings. The van der Waals surface area contributed by atoms with Gasteiger partial charge in [-0.1, -0.05) is 6.92 Å². The SMILES string of the molecule is COc1cc2nn([C@H]3CC[C@H](C)CC3)cc2cc1C(=O)Nc1cccn(C)c1=O. The van der Waals surface area contributed by atoms with Gasteiger partial charge in [-0.2, -0.15) is 5.10 Å². The Hall–Kier alpha value is -3.09. The molecule has 1 aliphatic rings. The van der Waals surface area contributed by atoms with Crippen LogP contribution in [0.4, 0.5) is 5.69 Å². The summed E-state index contributed by atoms with van der Waals surface area (Å²) in [6.45, 7) is 2.30. The maximum atomic E-state index is 12.9. The van der Waals surface area contributed by atoms with Crippen molar-refractivity contribution in [2.24, 2.45) is 13.0 Å². The van der Waals surface area contributed by atoms with E-state index in [0.29, 0.717) is 17.4 Å². The van der Waals surface area contributed by atoms with Crippen molar-refractivity contribution in [2.45, 2.75) is 38.6 Å². The summed E-state index contributed by atoms with van der Waals surface area (Å²) in [7, 11) is 3.17. The first-order valence-electron chi connectivity index (χ1n) is 10.00. The number of carbonyl (C=O) groups excluding carboxylic acids is 1. The first-order chi connectivity index (χ1) is 14.0. The van der Waals surface area contributed by atoms with Gasteiger partial charge < -0.3 is 14.6 Å². The third kappa shape index (κ3) is 3.77. The van der Waals surface area contributed by atoms with Crippen LogP contribution in [0.5, 0.6) is 5.75 Å². The third-order valence-electron chi connectivity index (χ3n) is 5.82. The Morgan fingerprint density at radius 2 is 2.00 bits per heavy atom. The quantitative estimate of drug-likeness (QED) is 0.731. The van der Waals surface area contributed by atoms with Gasteiger partial charge in [0.15, 0.2) is 0 Å². The van der Waals surface area contributed by atoms with Gasteiger partial charge in [0.05, 0.1) is 24.2 Å². The van der Waals surface area contributed by atoms with Crippen LogP contribution in [0.1, 0.15) is 49.0 Å². The fraction of sp³-hybridized carbons (Fsp3) is 0.409. The number of nitrogens with zero attached hydrogens (tertiary/aromatic N) is 3. The molecule has 0 aliphatic heterocycles. The molecule has 1 N–H and O–H groups in total. The maximum Gasteiger partial charge on any atom is 0.274 e. The number of ether oxygens (including phenoxy) is 1. The molecule has 0 bridgehead atoms.